The zero-order valence-electron chi connectivity index (χ0n) is 43.3. The third-order valence-corrected chi connectivity index (χ3v) is 13.1. The van der Waals surface area contributed by atoms with Crippen LogP contribution in [0.2, 0.25) is 0 Å². The first-order valence-corrected chi connectivity index (χ1v) is 27.6. The predicted molar refractivity (Wildman–Crippen MR) is 270 cm³/mol. The SMILES string of the molecule is CCCC/C=C/CCCCCCCCCCCC(=O)O[C@@H](COC(=O)CCCCCCCCCCC/C=C/C/C=C/CCCCC)CO[C@@H]1O[C@H](CO[C@@H]2O[C@H](CO)[C@H](O)C(O)C2O)[C@H](O)C(O)C1O. The molecule has 7 N–H and O–H groups in total. The number of carbonyl (C=O) groups excluding carboxylic acids is 2. The molecule has 0 aromatic carbocycles. The van der Waals surface area contributed by atoms with Crippen molar-refractivity contribution in [1.29, 1.82) is 0 Å². The van der Waals surface area contributed by atoms with E-state index in [4.69, 9.17) is 28.4 Å². The second-order valence-electron chi connectivity index (χ2n) is 19.4. The van der Waals surface area contributed by atoms with Gasteiger partial charge in [0.1, 0.15) is 55.4 Å². The molecule has 0 bridgehead atoms. The number of unbranched alkanes of at least 4 members (excludes halogenated alkanes) is 23. The Morgan fingerprint density at radius 2 is 0.871 bits per heavy atom. The Hall–Kier alpha value is -2.28. The molecule has 0 saturated carbocycles. The standard InChI is InChI=1S/C55H98O15/c1-3-5-7-9-11-13-15-17-19-20-21-22-24-25-27-29-31-33-35-37-46(57)65-40-43(68-47(58)38-36-34-32-30-28-26-23-18-16-14-12-10-8-6-4-2)41-66-54-53(64)51(62)49(60)45(70-54)42-67-55-52(63)50(61)48(59)44(39-56)69-55/h10-13,17,19,43-45,48-56,59-64H,3-9,14-16,18,20-42H2,1-2H3/b12-10+,13-11+,19-17+/t43-,44+,45+,48-,49-,50?,51?,52?,53?,54+,55+/m0/s1. The highest BCUT2D eigenvalue weighted by Gasteiger charge is 2.47. The molecule has 0 amide bonds. The van der Waals surface area contributed by atoms with Crippen LogP contribution in [0.5, 0.6) is 0 Å². The molecule has 2 fully saturated rings. The van der Waals surface area contributed by atoms with Gasteiger partial charge in [-0.3, -0.25) is 9.59 Å². The zero-order valence-corrected chi connectivity index (χ0v) is 43.3. The van der Waals surface area contributed by atoms with E-state index in [-0.39, 0.29) is 26.1 Å². The summed E-state index contributed by atoms with van der Waals surface area (Å²) in [5.74, 6) is -0.927. The second-order valence-corrected chi connectivity index (χ2v) is 19.4. The summed E-state index contributed by atoms with van der Waals surface area (Å²) in [4.78, 5) is 25.8. The third-order valence-electron chi connectivity index (χ3n) is 13.1. The molecule has 2 heterocycles. The Bertz CT molecular complexity index is 1360. The van der Waals surface area contributed by atoms with Gasteiger partial charge in [-0.25, -0.2) is 0 Å². The molecule has 15 heteroatoms. The third kappa shape index (κ3) is 29.4. The van der Waals surface area contributed by atoms with E-state index in [1.807, 2.05) is 0 Å². The van der Waals surface area contributed by atoms with E-state index in [0.717, 1.165) is 57.8 Å². The fraction of sp³-hybridized carbons (Fsp3) is 0.855. The van der Waals surface area contributed by atoms with Crippen molar-refractivity contribution in [1.82, 2.24) is 0 Å². The molecular weight excluding hydrogens is 901 g/mol. The van der Waals surface area contributed by atoms with E-state index in [9.17, 15) is 45.3 Å². The molecule has 408 valence electrons. The van der Waals surface area contributed by atoms with Crippen LogP contribution in [0.25, 0.3) is 0 Å². The highest BCUT2D eigenvalue weighted by Crippen LogP contribution is 2.26. The van der Waals surface area contributed by atoms with Gasteiger partial charge < -0.3 is 64.2 Å². The predicted octanol–water partition coefficient (Wildman–Crippen LogP) is 8.49. The van der Waals surface area contributed by atoms with Crippen LogP contribution in [0.4, 0.5) is 0 Å². The zero-order chi connectivity index (χ0) is 51.0. The van der Waals surface area contributed by atoms with Crippen molar-refractivity contribution >= 4 is 11.9 Å². The average molecular weight is 999 g/mol. The van der Waals surface area contributed by atoms with Crippen molar-refractivity contribution in [3.8, 4) is 0 Å². The minimum atomic E-state index is -1.77. The Kier molecular flexibility index (Phi) is 38.4. The normalized spacial score (nSPS) is 25.6. The summed E-state index contributed by atoms with van der Waals surface area (Å²) < 4.78 is 33.6. The van der Waals surface area contributed by atoms with Crippen LogP contribution in [0.3, 0.4) is 0 Å². The maximum atomic E-state index is 13.0. The Labute approximate surface area is 421 Å². The molecule has 0 aliphatic carbocycles. The maximum Gasteiger partial charge on any atom is 0.306 e. The lowest BCUT2D eigenvalue weighted by Crippen LogP contribution is -2.61. The largest absolute Gasteiger partial charge is 0.462 e. The minimum absolute atomic E-state index is 0.162. The van der Waals surface area contributed by atoms with Crippen LogP contribution in [0, 0.1) is 0 Å². The van der Waals surface area contributed by atoms with Gasteiger partial charge in [-0.05, 0) is 64.2 Å². The molecule has 2 aliphatic heterocycles. The number of rotatable bonds is 43. The number of esters is 2. The van der Waals surface area contributed by atoms with Crippen molar-refractivity contribution in [3.05, 3.63) is 36.5 Å². The fourth-order valence-electron chi connectivity index (χ4n) is 8.52. The van der Waals surface area contributed by atoms with Gasteiger partial charge in [-0.1, -0.05) is 166 Å². The van der Waals surface area contributed by atoms with Crippen LogP contribution in [-0.2, 0) is 38.0 Å². The van der Waals surface area contributed by atoms with E-state index < -0.39 is 92.7 Å². The summed E-state index contributed by atoms with van der Waals surface area (Å²) in [6.45, 7) is 2.55. The summed E-state index contributed by atoms with van der Waals surface area (Å²) in [5, 5.41) is 72.2. The fourth-order valence-corrected chi connectivity index (χ4v) is 8.52. The number of carbonyl (C=O) groups is 2. The molecule has 11 atom stereocenters. The molecule has 0 spiro atoms. The molecule has 15 nitrogen and oxygen atoms in total. The lowest BCUT2D eigenvalue weighted by Gasteiger charge is -2.42. The molecule has 0 aromatic heterocycles. The minimum Gasteiger partial charge on any atom is -0.462 e. The Morgan fingerprint density at radius 3 is 1.39 bits per heavy atom. The van der Waals surface area contributed by atoms with Crippen molar-refractivity contribution in [2.24, 2.45) is 0 Å². The highest BCUT2D eigenvalue weighted by atomic mass is 16.7. The smallest absolute Gasteiger partial charge is 0.306 e. The average Bonchev–Trinajstić information content (AvgIpc) is 3.35. The number of aliphatic hydroxyl groups excluding tert-OH is 7. The molecule has 0 radical (unpaired) electrons. The van der Waals surface area contributed by atoms with Crippen molar-refractivity contribution < 1.29 is 73.8 Å². The highest BCUT2D eigenvalue weighted by molar-refractivity contribution is 5.70. The monoisotopic (exact) mass is 999 g/mol. The summed E-state index contributed by atoms with van der Waals surface area (Å²) in [6.07, 6.45) is 28.7. The van der Waals surface area contributed by atoms with Gasteiger partial charge in [0.2, 0.25) is 0 Å². The Balaban J connectivity index is 1.77. The molecule has 2 saturated heterocycles. The van der Waals surface area contributed by atoms with E-state index in [0.29, 0.717) is 12.8 Å². The van der Waals surface area contributed by atoms with E-state index in [2.05, 4.69) is 50.3 Å². The first-order valence-electron chi connectivity index (χ1n) is 27.6. The lowest BCUT2D eigenvalue weighted by atomic mass is 9.98. The van der Waals surface area contributed by atoms with Crippen molar-refractivity contribution in [3.63, 3.8) is 0 Å². The molecule has 2 aliphatic rings. The molecule has 2 rings (SSSR count). The van der Waals surface area contributed by atoms with Gasteiger partial charge in [-0.2, -0.15) is 0 Å². The van der Waals surface area contributed by atoms with Crippen LogP contribution < -0.4 is 0 Å². The summed E-state index contributed by atoms with van der Waals surface area (Å²) >= 11 is 0. The molecule has 70 heavy (non-hydrogen) atoms. The van der Waals surface area contributed by atoms with Crippen LogP contribution in [-0.4, -0.2) is 142 Å². The quantitative estimate of drug-likeness (QED) is 0.0173. The van der Waals surface area contributed by atoms with Crippen LogP contribution in [0.1, 0.15) is 206 Å². The molecule has 0 aromatic rings. The van der Waals surface area contributed by atoms with Crippen molar-refractivity contribution in [2.45, 2.75) is 274 Å². The number of hydrogen-bond acceptors (Lipinski definition) is 15. The second kappa shape index (κ2) is 42.1. The first kappa shape index (κ1) is 63.8. The van der Waals surface area contributed by atoms with E-state index in [1.54, 1.807) is 0 Å². The van der Waals surface area contributed by atoms with E-state index >= 15 is 0 Å². The molecule has 4 unspecified atom stereocenters. The van der Waals surface area contributed by atoms with Crippen LogP contribution in [0.15, 0.2) is 36.5 Å². The molecular formula is C55H98O15. The lowest BCUT2D eigenvalue weighted by molar-refractivity contribution is -0.332. The van der Waals surface area contributed by atoms with Crippen LogP contribution >= 0.6 is 0 Å². The maximum absolute atomic E-state index is 13.0. The Morgan fingerprint density at radius 1 is 0.457 bits per heavy atom. The number of aliphatic hydroxyl groups is 7. The number of allylic oxidation sites excluding steroid dienone is 6. The van der Waals surface area contributed by atoms with Gasteiger partial charge in [0, 0.05) is 12.8 Å². The van der Waals surface area contributed by atoms with Gasteiger partial charge in [0.15, 0.2) is 18.7 Å². The van der Waals surface area contributed by atoms with Gasteiger partial charge >= 0.3 is 11.9 Å². The number of ether oxygens (including phenoxy) is 6. The van der Waals surface area contributed by atoms with Gasteiger partial charge in [0.25, 0.3) is 0 Å². The number of hydrogen-bond donors (Lipinski definition) is 7. The summed E-state index contributed by atoms with van der Waals surface area (Å²) in [5.41, 5.74) is 0. The van der Waals surface area contributed by atoms with Gasteiger partial charge in [0.05, 0.1) is 19.8 Å². The van der Waals surface area contributed by atoms with E-state index in [1.165, 1.54) is 109 Å². The summed E-state index contributed by atoms with van der Waals surface area (Å²) in [7, 11) is 0. The van der Waals surface area contributed by atoms with Gasteiger partial charge in [-0.15, -0.1) is 0 Å². The topological polar surface area (TPSA) is 231 Å². The summed E-state index contributed by atoms with van der Waals surface area (Å²) in [6, 6.07) is 0. The first-order chi connectivity index (χ1) is 34.0. The van der Waals surface area contributed by atoms with Crippen molar-refractivity contribution in [2.75, 3.05) is 26.4 Å².